The Balaban J connectivity index is 1.87. The van der Waals surface area contributed by atoms with E-state index in [9.17, 15) is 4.79 Å². The maximum atomic E-state index is 12.2. The van der Waals surface area contributed by atoms with Crippen molar-refractivity contribution in [3.05, 3.63) is 77.0 Å². The first-order chi connectivity index (χ1) is 10.8. The molecule has 4 heteroatoms. The molecule has 22 heavy (non-hydrogen) atoms. The molecule has 2 aromatic rings. The summed E-state index contributed by atoms with van der Waals surface area (Å²) in [7, 11) is 0. The van der Waals surface area contributed by atoms with E-state index in [2.05, 4.69) is 4.98 Å². The minimum atomic E-state index is -0.135. The van der Waals surface area contributed by atoms with Gasteiger partial charge in [-0.25, -0.2) is 4.98 Å². The summed E-state index contributed by atoms with van der Waals surface area (Å²) in [6.07, 6.45) is 0. The molecule has 0 amide bonds. The third-order valence-corrected chi connectivity index (χ3v) is 4.43. The van der Waals surface area contributed by atoms with Crippen molar-refractivity contribution in [2.24, 2.45) is 0 Å². The topological polar surface area (TPSA) is 39.2 Å². The van der Waals surface area contributed by atoms with Crippen LogP contribution in [0.5, 0.6) is 11.5 Å². The van der Waals surface area contributed by atoms with Gasteiger partial charge in [-0.3, -0.25) is 4.79 Å². The Labute approximate surface area is 130 Å². The molecule has 0 bridgehead atoms. The summed E-state index contributed by atoms with van der Waals surface area (Å²) < 4.78 is 6.74. The van der Waals surface area contributed by atoms with Gasteiger partial charge >= 0.3 is 0 Å². The summed E-state index contributed by atoms with van der Waals surface area (Å²) in [5.74, 6) is 0.942. The van der Waals surface area contributed by atoms with Crippen molar-refractivity contribution in [2.45, 2.75) is 0 Å². The van der Waals surface area contributed by atoms with Gasteiger partial charge in [0.15, 0.2) is 5.75 Å². The number of nitrogens with zero attached hydrogens (tertiary/aromatic N) is 1. The first kappa shape index (κ1) is 13.0. The normalized spacial score (nSPS) is 10.9. The van der Waals surface area contributed by atoms with Crippen LogP contribution in [-0.4, -0.2) is 4.98 Å². The summed E-state index contributed by atoms with van der Waals surface area (Å²) in [5, 5.41) is 0. The van der Waals surface area contributed by atoms with Crippen LogP contribution in [0.1, 0.15) is 0 Å². The third-order valence-electron chi connectivity index (χ3n) is 3.32. The van der Waals surface area contributed by atoms with Crippen LogP contribution < -0.4 is 10.2 Å². The van der Waals surface area contributed by atoms with Crippen molar-refractivity contribution in [1.82, 2.24) is 4.98 Å². The Kier molecular flexibility index (Phi) is 3.09. The Bertz CT molecular complexity index is 979. The summed E-state index contributed by atoms with van der Waals surface area (Å²) in [5.41, 5.74) is 1.56. The molecule has 1 aliphatic carbocycles. The monoisotopic (exact) mass is 305 g/mol. The molecule has 4 rings (SSSR count). The summed E-state index contributed by atoms with van der Waals surface area (Å²) in [6, 6.07) is 20.5. The number of hydrogen-bond acceptors (Lipinski definition) is 4. The molecule has 0 saturated carbocycles. The van der Waals surface area contributed by atoms with E-state index in [1.54, 1.807) is 23.5 Å². The highest BCUT2D eigenvalue weighted by atomic mass is 32.1. The molecule has 0 radical (unpaired) electrons. The van der Waals surface area contributed by atoms with Crippen LogP contribution in [0.25, 0.3) is 20.8 Å². The van der Waals surface area contributed by atoms with Gasteiger partial charge in [-0.15, -0.1) is 11.3 Å². The van der Waals surface area contributed by atoms with E-state index in [4.69, 9.17) is 4.74 Å². The van der Waals surface area contributed by atoms with Crippen LogP contribution in [0.4, 0.5) is 0 Å². The standard InChI is InChI=1S/C18H11NO2S/c20-15-11-18-14(19-13-8-4-5-9-17(13)22-18)10-16(15)21-12-6-2-1-3-7-12/h1-11H. The molecule has 1 heterocycles. The van der Waals surface area contributed by atoms with Crippen LogP contribution in [-0.2, 0) is 0 Å². The highest BCUT2D eigenvalue weighted by Crippen LogP contribution is 2.32. The van der Waals surface area contributed by atoms with Crippen molar-refractivity contribution in [2.75, 3.05) is 0 Å². The van der Waals surface area contributed by atoms with Crippen LogP contribution in [0.2, 0.25) is 0 Å². The second-order valence-corrected chi connectivity index (χ2v) is 5.95. The number of fused-ring (bicyclic) bond motifs is 2. The van der Waals surface area contributed by atoms with Gasteiger partial charge in [0.2, 0.25) is 5.43 Å². The van der Waals surface area contributed by atoms with Gasteiger partial charge in [-0.05, 0) is 24.3 Å². The molecular weight excluding hydrogens is 294 g/mol. The highest BCUT2D eigenvalue weighted by molar-refractivity contribution is 7.21. The number of aromatic nitrogens is 1. The molecule has 0 N–H and O–H groups in total. The molecule has 0 fully saturated rings. The fraction of sp³-hybridized carbons (Fsp3) is 0. The highest BCUT2D eigenvalue weighted by Gasteiger charge is 2.12. The van der Waals surface area contributed by atoms with E-state index in [0.717, 1.165) is 20.8 Å². The SMILES string of the molecule is O=c1cc2sc3ccccc3nc-2cc1Oc1ccccc1. The first-order valence-corrected chi connectivity index (χ1v) is 7.68. The van der Waals surface area contributed by atoms with Crippen molar-refractivity contribution < 1.29 is 4.74 Å². The van der Waals surface area contributed by atoms with Crippen molar-refractivity contribution >= 4 is 21.6 Å². The third kappa shape index (κ3) is 2.34. The van der Waals surface area contributed by atoms with Gasteiger partial charge in [0.25, 0.3) is 0 Å². The molecule has 2 aliphatic rings. The molecule has 3 nitrogen and oxygen atoms in total. The molecule has 0 unspecified atom stereocenters. The number of benzene rings is 3. The maximum absolute atomic E-state index is 12.2. The van der Waals surface area contributed by atoms with Gasteiger partial charge in [0.05, 0.1) is 20.8 Å². The molecule has 106 valence electrons. The first-order valence-electron chi connectivity index (χ1n) is 6.86. The molecule has 0 aromatic heterocycles. The fourth-order valence-corrected chi connectivity index (χ4v) is 3.26. The lowest BCUT2D eigenvalue weighted by Crippen LogP contribution is -2.05. The van der Waals surface area contributed by atoms with Gasteiger partial charge < -0.3 is 4.74 Å². The number of hydrogen-bond donors (Lipinski definition) is 0. The number of ether oxygens (including phenoxy) is 1. The second-order valence-electron chi connectivity index (χ2n) is 4.86. The minimum Gasteiger partial charge on any atom is -0.453 e. The predicted molar refractivity (Wildman–Crippen MR) is 89.0 cm³/mol. The Morgan fingerprint density at radius 1 is 0.909 bits per heavy atom. The molecule has 1 aliphatic heterocycles. The Morgan fingerprint density at radius 2 is 1.68 bits per heavy atom. The average molecular weight is 305 g/mol. The van der Waals surface area contributed by atoms with E-state index in [1.165, 1.54) is 0 Å². The average Bonchev–Trinajstić information content (AvgIpc) is 2.55. The molecule has 2 aromatic carbocycles. The van der Waals surface area contributed by atoms with Crippen LogP contribution >= 0.6 is 11.3 Å². The molecule has 0 spiro atoms. The van der Waals surface area contributed by atoms with Crippen LogP contribution in [0, 0.1) is 0 Å². The number of rotatable bonds is 2. The van der Waals surface area contributed by atoms with Crippen molar-refractivity contribution in [1.29, 1.82) is 0 Å². The largest absolute Gasteiger partial charge is 0.453 e. The zero-order valence-electron chi connectivity index (χ0n) is 11.5. The zero-order chi connectivity index (χ0) is 14.9. The smallest absolute Gasteiger partial charge is 0.222 e. The quantitative estimate of drug-likeness (QED) is 0.510. The fourth-order valence-electron chi connectivity index (χ4n) is 2.28. The minimum absolute atomic E-state index is 0.135. The van der Waals surface area contributed by atoms with E-state index < -0.39 is 0 Å². The van der Waals surface area contributed by atoms with E-state index >= 15 is 0 Å². The lowest BCUT2D eigenvalue weighted by molar-refractivity contribution is 0.478. The second kappa shape index (κ2) is 5.24. The maximum Gasteiger partial charge on any atom is 0.222 e. The van der Waals surface area contributed by atoms with Crippen LogP contribution in [0.15, 0.2) is 71.5 Å². The lowest BCUT2D eigenvalue weighted by atomic mass is 10.2. The van der Waals surface area contributed by atoms with Gasteiger partial charge in [-0.2, -0.15) is 0 Å². The Morgan fingerprint density at radius 3 is 2.55 bits per heavy atom. The zero-order valence-corrected chi connectivity index (χ0v) is 12.3. The van der Waals surface area contributed by atoms with E-state index in [0.29, 0.717) is 11.5 Å². The van der Waals surface area contributed by atoms with Crippen molar-refractivity contribution in [3.8, 4) is 22.1 Å². The molecular formula is C18H11NO2S. The van der Waals surface area contributed by atoms with Gasteiger partial charge in [-0.1, -0.05) is 30.3 Å². The van der Waals surface area contributed by atoms with E-state index in [1.807, 2.05) is 54.6 Å². The molecule has 0 atom stereocenters. The lowest BCUT2D eigenvalue weighted by Gasteiger charge is -2.09. The van der Waals surface area contributed by atoms with Gasteiger partial charge in [0.1, 0.15) is 5.75 Å². The van der Waals surface area contributed by atoms with Crippen molar-refractivity contribution in [3.63, 3.8) is 0 Å². The summed E-state index contributed by atoms with van der Waals surface area (Å²) in [4.78, 5) is 17.7. The van der Waals surface area contributed by atoms with E-state index in [-0.39, 0.29) is 5.43 Å². The molecule has 0 saturated heterocycles. The number of para-hydroxylation sites is 2. The Hall–Kier alpha value is -2.72. The van der Waals surface area contributed by atoms with Gasteiger partial charge in [0, 0.05) is 12.1 Å². The predicted octanol–water partition coefficient (Wildman–Crippen LogP) is 4.55. The van der Waals surface area contributed by atoms with Crippen LogP contribution in [0.3, 0.4) is 0 Å². The summed E-state index contributed by atoms with van der Waals surface area (Å²) in [6.45, 7) is 0. The summed E-state index contributed by atoms with van der Waals surface area (Å²) >= 11 is 1.56.